The first kappa shape index (κ1) is 14.7. The van der Waals surface area contributed by atoms with Crippen molar-refractivity contribution in [3.63, 3.8) is 0 Å². The topological polar surface area (TPSA) is 22.1 Å². The average Bonchev–Trinajstić information content (AvgIpc) is 2.03. The van der Waals surface area contributed by atoms with Crippen molar-refractivity contribution in [2.45, 2.75) is 0 Å². The van der Waals surface area contributed by atoms with Crippen LogP contribution in [0.3, 0.4) is 0 Å². The summed E-state index contributed by atoms with van der Waals surface area (Å²) in [7, 11) is 1.24. The van der Waals surface area contributed by atoms with E-state index >= 15 is 0 Å². The van der Waals surface area contributed by atoms with Crippen molar-refractivity contribution in [2.75, 3.05) is 7.11 Å². The zero-order valence-corrected chi connectivity index (χ0v) is 11.5. The summed E-state index contributed by atoms with van der Waals surface area (Å²) in [5, 5.41) is -0.409. The maximum atomic E-state index is 12.3. The first-order valence-corrected chi connectivity index (χ1v) is 3.72. The molecule has 1 rings (SSSR count). The maximum Gasteiger partial charge on any atom is 1.00 e. The number of pyridine rings is 1. The standard InChI is InChI=1S/C6H5BClF3NO.K/c1-13-6-2-4(7(9,10)11)5(8)3-12-6;/h2-3H,1H3;/q-1;+1. The molecule has 0 fully saturated rings. The minimum absolute atomic E-state index is 0. The minimum Gasteiger partial charge on any atom is -0.481 e. The second kappa shape index (κ2) is 5.72. The van der Waals surface area contributed by atoms with Gasteiger partial charge in [-0.05, 0) is 6.07 Å². The van der Waals surface area contributed by atoms with Crippen LogP contribution >= 0.6 is 11.6 Å². The summed E-state index contributed by atoms with van der Waals surface area (Å²) >= 11 is 5.32. The summed E-state index contributed by atoms with van der Waals surface area (Å²) in [5.74, 6) is -0.0985. The fraction of sp³-hybridized carbons (Fsp3) is 0.167. The van der Waals surface area contributed by atoms with Crippen LogP contribution in [0.4, 0.5) is 12.9 Å². The van der Waals surface area contributed by atoms with Gasteiger partial charge in [-0.25, -0.2) is 4.98 Å². The summed E-state index contributed by atoms with van der Waals surface area (Å²) in [6.45, 7) is -5.11. The predicted molar refractivity (Wildman–Crippen MR) is 44.5 cm³/mol. The first-order valence-electron chi connectivity index (χ1n) is 3.34. The Hall–Kier alpha value is 0.731. The Morgan fingerprint density at radius 2 is 2.00 bits per heavy atom. The molecule has 72 valence electrons. The molecular formula is C6H5BClF3KNO. The summed E-state index contributed by atoms with van der Waals surface area (Å²) in [5.41, 5.74) is -0.881. The average molecular weight is 249 g/mol. The fourth-order valence-electron chi connectivity index (χ4n) is 0.797. The molecule has 0 atom stereocenters. The van der Waals surface area contributed by atoms with Crippen LogP contribution in [0.15, 0.2) is 12.3 Å². The molecule has 0 aliphatic rings. The van der Waals surface area contributed by atoms with Gasteiger partial charge in [-0.2, -0.15) is 0 Å². The molecule has 0 bridgehead atoms. The Morgan fingerprint density at radius 3 is 2.43 bits per heavy atom. The number of aromatic nitrogens is 1. The van der Waals surface area contributed by atoms with Crippen molar-refractivity contribution in [2.24, 2.45) is 0 Å². The number of halogens is 4. The van der Waals surface area contributed by atoms with Gasteiger partial charge < -0.3 is 17.7 Å². The number of methoxy groups -OCH3 is 1. The number of rotatable bonds is 2. The molecule has 0 spiro atoms. The van der Waals surface area contributed by atoms with E-state index in [0.717, 1.165) is 12.3 Å². The van der Waals surface area contributed by atoms with Gasteiger partial charge in [-0.1, -0.05) is 17.1 Å². The second-order valence-corrected chi connectivity index (χ2v) is 2.73. The van der Waals surface area contributed by atoms with Crippen molar-refractivity contribution < 1.29 is 69.1 Å². The zero-order chi connectivity index (χ0) is 10.1. The molecule has 2 nitrogen and oxygen atoms in total. The monoisotopic (exact) mass is 249 g/mol. The minimum atomic E-state index is -5.11. The fourth-order valence-corrected chi connectivity index (χ4v) is 1.02. The molecule has 0 saturated heterocycles. The van der Waals surface area contributed by atoms with Crippen molar-refractivity contribution in [3.8, 4) is 5.88 Å². The van der Waals surface area contributed by atoms with Gasteiger partial charge in [0.2, 0.25) is 5.88 Å². The Balaban J connectivity index is 0.00000169. The van der Waals surface area contributed by atoms with E-state index < -0.39 is 17.5 Å². The van der Waals surface area contributed by atoms with Gasteiger partial charge >= 0.3 is 58.4 Å². The third-order valence-electron chi connectivity index (χ3n) is 1.42. The van der Waals surface area contributed by atoms with Crippen LogP contribution in [-0.2, 0) is 0 Å². The molecule has 0 radical (unpaired) electrons. The van der Waals surface area contributed by atoms with Gasteiger partial charge in [0.25, 0.3) is 0 Å². The van der Waals surface area contributed by atoms with Crippen LogP contribution in [0.25, 0.3) is 0 Å². The van der Waals surface area contributed by atoms with Crippen molar-refractivity contribution in [3.05, 3.63) is 17.3 Å². The summed E-state index contributed by atoms with van der Waals surface area (Å²) in [6.07, 6.45) is 0.922. The molecule has 8 heteroatoms. The Bertz CT molecular complexity index is 322. The SMILES string of the molecule is COc1cc([B-](F)(F)F)c(Cl)cn1.[K+]. The Morgan fingerprint density at radius 1 is 1.43 bits per heavy atom. The van der Waals surface area contributed by atoms with Crippen LogP contribution in [0.1, 0.15) is 0 Å². The van der Waals surface area contributed by atoms with Gasteiger partial charge in [0.1, 0.15) is 0 Å². The molecule has 1 aromatic rings. The first-order chi connectivity index (χ1) is 5.95. The molecule has 0 unspecified atom stereocenters. The Labute approximate surface area is 127 Å². The molecular weight excluding hydrogens is 244 g/mol. The van der Waals surface area contributed by atoms with E-state index in [2.05, 4.69) is 9.72 Å². The van der Waals surface area contributed by atoms with Gasteiger partial charge in [0.05, 0.1) is 7.11 Å². The van der Waals surface area contributed by atoms with Gasteiger partial charge in [-0.3, -0.25) is 0 Å². The van der Waals surface area contributed by atoms with Crippen molar-refractivity contribution in [1.82, 2.24) is 4.98 Å². The van der Waals surface area contributed by atoms with Gasteiger partial charge in [-0.15, -0.1) is 0 Å². The molecule has 0 N–H and O–H groups in total. The predicted octanol–water partition coefficient (Wildman–Crippen LogP) is -1.20. The molecule has 0 amide bonds. The van der Waals surface area contributed by atoms with E-state index in [1.54, 1.807) is 0 Å². The summed E-state index contributed by atoms with van der Waals surface area (Å²) < 4.78 is 41.3. The molecule has 0 saturated carbocycles. The number of hydrogen-bond donors (Lipinski definition) is 0. The van der Waals surface area contributed by atoms with E-state index in [9.17, 15) is 12.9 Å². The largest absolute Gasteiger partial charge is 1.00 e. The van der Waals surface area contributed by atoms with Crippen LogP contribution < -0.4 is 61.6 Å². The van der Waals surface area contributed by atoms with Gasteiger partial charge in [0.15, 0.2) is 0 Å². The zero-order valence-electron chi connectivity index (χ0n) is 7.60. The van der Waals surface area contributed by atoms with Gasteiger partial charge in [0, 0.05) is 11.2 Å². The summed E-state index contributed by atoms with van der Waals surface area (Å²) in [6, 6.07) is 0.780. The third-order valence-corrected chi connectivity index (χ3v) is 1.74. The third kappa shape index (κ3) is 3.71. The quantitative estimate of drug-likeness (QED) is 0.615. The number of ether oxygens (including phenoxy) is 1. The number of hydrogen-bond acceptors (Lipinski definition) is 2. The van der Waals surface area contributed by atoms with E-state index in [0.29, 0.717) is 0 Å². The van der Waals surface area contributed by atoms with E-state index in [1.165, 1.54) is 7.11 Å². The van der Waals surface area contributed by atoms with Crippen molar-refractivity contribution >= 4 is 24.0 Å². The molecule has 14 heavy (non-hydrogen) atoms. The van der Waals surface area contributed by atoms with E-state index in [4.69, 9.17) is 11.6 Å². The molecule has 1 heterocycles. The second-order valence-electron chi connectivity index (χ2n) is 2.32. The maximum absolute atomic E-state index is 12.3. The summed E-state index contributed by atoms with van der Waals surface area (Å²) in [4.78, 5) is 3.53. The van der Waals surface area contributed by atoms with Crippen molar-refractivity contribution in [1.29, 1.82) is 0 Å². The van der Waals surface area contributed by atoms with Crippen LogP contribution in [0, 0.1) is 0 Å². The van der Waals surface area contributed by atoms with E-state index in [-0.39, 0.29) is 57.3 Å². The van der Waals surface area contributed by atoms with Crippen LogP contribution in [-0.4, -0.2) is 19.1 Å². The van der Waals surface area contributed by atoms with Crippen LogP contribution in [0.2, 0.25) is 5.02 Å². The Kier molecular flexibility index (Phi) is 6.02. The molecule has 1 aromatic heterocycles. The molecule has 0 aliphatic heterocycles. The van der Waals surface area contributed by atoms with Crippen LogP contribution in [0.5, 0.6) is 5.88 Å². The normalized spacial score (nSPS) is 10.6. The molecule has 0 aliphatic carbocycles. The van der Waals surface area contributed by atoms with E-state index in [1.807, 2.05) is 0 Å². The number of nitrogens with zero attached hydrogens (tertiary/aromatic N) is 1. The smallest absolute Gasteiger partial charge is 0.481 e. The molecule has 0 aromatic carbocycles.